The maximum atomic E-state index is 14.7. The van der Waals surface area contributed by atoms with E-state index in [1.54, 1.807) is 32.2 Å². The minimum Gasteiger partial charge on any atom is -0.473 e. The lowest BCUT2D eigenvalue weighted by molar-refractivity contribution is -0.890. The molecule has 0 N–H and O–H groups in total. The Hall–Kier alpha value is -3.17. The monoisotopic (exact) mass is 505 g/mol. The van der Waals surface area contributed by atoms with Crippen LogP contribution in [-0.4, -0.2) is 54.3 Å². The molecule has 1 fully saturated rings. The third-order valence-electron chi connectivity index (χ3n) is 6.16. The SMILES string of the molecule is Cc1cc(Oc2c(F)cc(COc3cc(N4CC[N+](C)(C)CC4)n(C)c(=O)n3)cc2F)ccc1Cl. The highest BCUT2D eigenvalue weighted by atomic mass is 35.5. The molecular formula is C25H28ClF2N4O3+. The number of rotatable bonds is 6. The molecule has 0 atom stereocenters. The number of piperazine rings is 1. The van der Waals surface area contributed by atoms with Crippen LogP contribution in [0.3, 0.4) is 0 Å². The molecule has 186 valence electrons. The maximum Gasteiger partial charge on any atom is 0.352 e. The predicted octanol–water partition coefficient (Wildman–Crippen LogP) is 4.29. The van der Waals surface area contributed by atoms with Crippen LogP contribution >= 0.6 is 11.6 Å². The molecule has 0 bridgehead atoms. The minimum atomic E-state index is -0.872. The van der Waals surface area contributed by atoms with E-state index >= 15 is 0 Å². The van der Waals surface area contributed by atoms with Gasteiger partial charge in [0, 0.05) is 18.1 Å². The Kier molecular flexibility index (Phi) is 7.00. The average molecular weight is 506 g/mol. The molecule has 4 rings (SSSR count). The number of likely N-dealkylation sites (N-methyl/N-ethyl adjacent to an activating group) is 1. The molecule has 0 spiro atoms. The summed E-state index contributed by atoms with van der Waals surface area (Å²) in [7, 11) is 6.00. The van der Waals surface area contributed by atoms with Gasteiger partial charge in [0.1, 0.15) is 18.2 Å². The van der Waals surface area contributed by atoms with Crippen molar-refractivity contribution in [3.8, 4) is 17.4 Å². The second-order valence-electron chi connectivity index (χ2n) is 9.35. The zero-order valence-electron chi connectivity index (χ0n) is 20.1. The van der Waals surface area contributed by atoms with Gasteiger partial charge in [-0.05, 0) is 48.4 Å². The zero-order chi connectivity index (χ0) is 25.3. The number of hydrogen-bond donors (Lipinski definition) is 0. The largest absolute Gasteiger partial charge is 0.473 e. The number of hydrogen-bond acceptors (Lipinski definition) is 5. The van der Waals surface area contributed by atoms with Crippen molar-refractivity contribution in [3.63, 3.8) is 0 Å². The Bertz CT molecular complexity index is 1280. The molecule has 0 aliphatic carbocycles. The number of nitrogens with zero attached hydrogens (tertiary/aromatic N) is 4. The Morgan fingerprint density at radius 1 is 1.09 bits per heavy atom. The molecule has 3 aromatic rings. The van der Waals surface area contributed by atoms with Crippen molar-refractivity contribution in [2.75, 3.05) is 45.2 Å². The summed E-state index contributed by atoms with van der Waals surface area (Å²) in [6, 6.07) is 8.67. The molecular weight excluding hydrogens is 478 g/mol. The van der Waals surface area contributed by atoms with Crippen LogP contribution in [0.25, 0.3) is 0 Å². The highest BCUT2D eigenvalue weighted by Crippen LogP contribution is 2.31. The summed E-state index contributed by atoms with van der Waals surface area (Å²) in [6.45, 7) is 5.05. The van der Waals surface area contributed by atoms with Crippen LogP contribution in [0.2, 0.25) is 5.02 Å². The number of halogens is 3. The van der Waals surface area contributed by atoms with Crippen LogP contribution in [0, 0.1) is 18.6 Å². The molecule has 7 nitrogen and oxygen atoms in total. The molecule has 2 aromatic carbocycles. The molecule has 0 radical (unpaired) electrons. The summed E-state index contributed by atoms with van der Waals surface area (Å²) < 4.78 is 42.8. The molecule has 10 heteroatoms. The summed E-state index contributed by atoms with van der Waals surface area (Å²) in [5, 5.41) is 0.529. The van der Waals surface area contributed by atoms with Crippen molar-refractivity contribution in [2.24, 2.45) is 7.05 Å². The van der Waals surface area contributed by atoms with Crippen molar-refractivity contribution in [3.05, 3.63) is 74.7 Å². The van der Waals surface area contributed by atoms with Crippen molar-refractivity contribution < 1.29 is 22.7 Å². The van der Waals surface area contributed by atoms with E-state index < -0.39 is 23.1 Å². The summed E-state index contributed by atoms with van der Waals surface area (Å²) in [4.78, 5) is 18.5. The first kappa shape index (κ1) is 24.9. The summed E-state index contributed by atoms with van der Waals surface area (Å²) in [6.07, 6.45) is 0. The van der Waals surface area contributed by atoms with E-state index in [-0.39, 0.29) is 23.8 Å². The highest BCUT2D eigenvalue weighted by Gasteiger charge is 2.26. The van der Waals surface area contributed by atoms with E-state index in [1.807, 2.05) is 0 Å². The molecule has 1 aliphatic rings. The van der Waals surface area contributed by atoms with Crippen molar-refractivity contribution in [1.29, 1.82) is 0 Å². The van der Waals surface area contributed by atoms with Crippen LogP contribution in [0.4, 0.5) is 14.6 Å². The molecule has 1 aromatic heterocycles. The third-order valence-corrected chi connectivity index (χ3v) is 6.58. The molecule has 0 saturated carbocycles. The van der Waals surface area contributed by atoms with Crippen LogP contribution < -0.4 is 20.1 Å². The van der Waals surface area contributed by atoms with Gasteiger partial charge in [-0.1, -0.05) is 11.6 Å². The average Bonchev–Trinajstić information content (AvgIpc) is 2.79. The van der Waals surface area contributed by atoms with Gasteiger partial charge in [0.05, 0.1) is 40.3 Å². The number of anilines is 1. The smallest absolute Gasteiger partial charge is 0.352 e. The van der Waals surface area contributed by atoms with Crippen LogP contribution in [0.5, 0.6) is 17.4 Å². The molecule has 0 unspecified atom stereocenters. The highest BCUT2D eigenvalue weighted by molar-refractivity contribution is 6.31. The molecule has 0 amide bonds. The second-order valence-corrected chi connectivity index (χ2v) is 9.76. The van der Waals surface area contributed by atoms with Crippen molar-refractivity contribution in [2.45, 2.75) is 13.5 Å². The Balaban J connectivity index is 1.49. The van der Waals surface area contributed by atoms with Gasteiger partial charge in [-0.3, -0.25) is 4.57 Å². The molecule has 2 heterocycles. The van der Waals surface area contributed by atoms with Crippen LogP contribution in [-0.2, 0) is 13.7 Å². The van der Waals surface area contributed by atoms with Gasteiger partial charge < -0.3 is 18.9 Å². The van der Waals surface area contributed by atoms with E-state index in [4.69, 9.17) is 21.1 Å². The lowest BCUT2D eigenvalue weighted by Gasteiger charge is -2.40. The Labute approximate surface area is 207 Å². The van der Waals surface area contributed by atoms with E-state index in [1.165, 1.54) is 10.6 Å². The first-order valence-corrected chi connectivity index (χ1v) is 11.6. The van der Waals surface area contributed by atoms with Crippen molar-refractivity contribution >= 4 is 17.4 Å². The fourth-order valence-electron chi connectivity index (χ4n) is 3.87. The summed E-state index contributed by atoms with van der Waals surface area (Å²) >= 11 is 5.99. The van der Waals surface area contributed by atoms with Gasteiger partial charge in [-0.2, -0.15) is 4.98 Å². The fourth-order valence-corrected chi connectivity index (χ4v) is 3.99. The quantitative estimate of drug-likeness (QED) is 0.468. The fraction of sp³-hybridized carbons (Fsp3) is 0.360. The second kappa shape index (κ2) is 9.83. The Morgan fingerprint density at radius 2 is 1.74 bits per heavy atom. The first-order chi connectivity index (χ1) is 16.5. The molecule has 1 saturated heterocycles. The standard InChI is InChI=1S/C25H28ClF2N4O3/c1-16-11-18(5-6-19(16)26)35-24-20(27)12-17(13-21(24)28)15-34-22-14-23(30(2)25(33)29-22)31-7-9-32(3,4)10-8-31/h5-6,11-14H,7-10,15H2,1-4H3/q+1. The topological polar surface area (TPSA) is 56.6 Å². The number of ether oxygens (including phenoxy) is 2. The van der Waals surface area contributed by atoms with E-state index in [2.05, 4.69) is 24.0 Å². The van der Waals surface area contributed by atoms with E-state index in [0.29, 0.717) is 10.8 Å². The summed E-state index contributed by atoms with van der Waals surface area (Å²) in [5.41, 5.74) is 0.500. The van der Waals surface area contributed by atoms with Crippen LogP contribution in [0.15, 0.2) is 41.2 Å². The van der Waals surface area contributed by atoms with Gasteiger partial charge in [0.25, 0.3) is 0 Å². The lowest BCUT2D eigenvalue weighted by Crippen LogP contribution is -2.55. The lowest BCUT2D eigenvalue weighted by atomic mass is 10.2. The maximum absolute atomic E-state index is 14.7. The molecule has 1 aliphatic heterocycles. The van der Waals surface area contributed by atoms with E-state index in [0.717, 1.165) is 48.4 Å². The number of aryl methyl sites for hydroxylation is 1. The number of aromatic nitrogens is 2. The van der Waals surface area contributed by atoms with E-state index in [9.17, 15) is 13.6 Å². The summed E-state index contributed by atoms with van der Waals surface area (Å²) in [5.74, 6) is -1.20. The van der Waals surface area contributed by atoms with Gasteiger partial charge in [-0.25, -0.2) is 13.6 Å². The normalized spacial score (nSPS) is 15.2. The molecule has 35 heavy (non-hydrogen) atoms. The third kappa shape index (κ3) is 5.74. The minimum absolute atomic E-state index is 0.0974. The van der Waals surface area contributed by atoms with Crippen molar-refractivity contribution in [1.82, 2.24) is 9.55 Å². The van der Waals surface area contributed by atoms with Gasteiger partial charge in [-0.15, -0.1) is 0 Å². The predicted molar refractivity (Wildman–Crippen MR) is 130 cm³/mol. The Morgan fingerprint density at radius 3 is 2.37 bits per heavy atom. The van der Waals surface area contributed by atoms with Gasteiger partial charge >= 0.3 is 5.69 Å². The number of benzene rings is 2. The first-order valence-electron chi connectivity index (χ1n) is 11.2. The van der Waals surface area contributed by atoms with Gasteiger partial charge in [0.15, 0.2) is 17.4 Å². The number of quaternary nitrogens is 1. The zero-order valence-corrected chi connectivity index (χ0v) is 20.9. The van der Waals surface area contributed by atoms with Crippen LogP contribution in [0.1, 0.15) is 11.1 Å². The van der Waals surface area contributed by atoms with Gasteiger partial charge in [0.2, 0.25) is 5.88 Å².